The molecule has 0 saturated carbocycles. The summed E-state index contributed by atoms with van der Waals surface area (Å²) in [6.45, 7) is 11.6. The van der Waals surface area contributed by atoms with Crippen molar-refractivity contribution in [2.75, 3.05) is 12.0 Å². The Bertz CT molecular complexity index is 1060. The van der Waals surface area contributed by atoms with E-state index in [4.69, 9.17) is 4.74 Å². The van der Waals surface area contributed by atoms with Crippen LogP contribution in [0.15, 0.2) is 17.8 Å². The summed E-state index contributed by atoms with van der Waals surface area (Å²) in [4.78, 5) is 50.2. The van der Waals surface area contributed by atoms with Gasteiger partial charge in [-0.3, -0.25) is 9.59 Å². The van der Waals surface area contributed by atoms with Crippen molar-refractivity contribution >= 4 is 41.0 Å². The maximum absolute atomic E-state index is 13.2. The number of H-pyrrole nitrogens is 1. The van der Waals surface area contributed by atoms with Gasteiger partial charge in [0.15, 0.2) is 0 Å². The highest BCUT2D eigenvalue weighted by Crippen LogP contribution is 2.21. The molecule has 2 heterocycles. The van der Waals surface area contributed by atoms with Crippen molar-refractivity contribution in [1.82, 2.24) is 30.9 Å². The zero-order chi connectivity index (χ0) is 29.8. The van der Waals surface area contributed by atoms with Gasteiger partial charge < -0.3 is 30.8 Å². The summed E-state index contributed by atoms with van der Waals surface area (Å²) in [6, 6.07) is -1.75. The predicted molar refractivity (Wildman–Crippen MR) is 158 cm³/mol. The van der Waals surface area contributed by atoms with Crippen molar-refractivity contribution in [2.45, 2.75) is 85.2 Å². The van der Waals surface area contributed by atoms with Crippen molar-refractivity contribution in [3.63, 3.8) is 0 Å². The van der Waals surface area contributed by atoms with Crippen LogP contribution in [0.5, 0.6) is 0 Å². The number of aryl methyl sites for hydroxylation is 1. The molecule has 0 aromatic carbocycles. The van der Waals surface area contributed by atoms with E-state index in [0.717, 1.165) is 5.69 Å². The van der Waals surface area contributed by atoms with Gasteiger partial charge in [-0.05, 0) is 37.9 Å². The molecule has 13 heteroatoms. The molecule has 2 rings (SSSR count). The van der Waals surface area contributed by atoms with Crippen molar-refractivity contribution in [3.8, 4) is 0 Å². The molecule has 11 nitrogen and oxygen atoms in total. The first-order chi connectivity index (χ1) is 18.9. The quantitative estimate of drug-likeness (QED) is 0.197. The second-order valence-corrected chi connectivity index (χ2v) is 12.6. The maximum atomic E-state index is 13.2. The molecule has 5 N–H and O–H groups in total. The third-order valence-corrected chi connectivity index (χ3v) is 7.88. The van der Waals surface area contributed by atoms with Crippen LogP contribution >= 0.6 is 23.1 Å². The molecule has 0 saturated heterocycles. The Hall–Kier alpha value is -2.64. The maximum Gasteiger partial charge on any atom is 0.408 e. The molecule has 0 radical (unpaired) electrons. The van der Waals surface area contributed by atoms with E-state index in [2.05, 4.69) is 30.9 Å². The number of imidazole rings is 1. The fraction of sp³-hybridized carbons (Fsp3) is 0.667. The molecule has 40 heavy (non-hydrogen) atoms. The first kappa shape index (κ1) is 33.6. The molecule has 0 bridgehead atoms. The number of carbonyl (C=O) groups is 3. The van der Waals surface area contributed by atoms with Gasteiger partial charge in [-0.15, -0.1) is 11.3 Å². The van der Waals surface area contributed by atoms with Gasteiger partial charge in [-0.25, -0.2) is 14.8 Å². The third kappa shape index (κ3) is 11.1. The zero-order valence-corrected chi connectivity index (χ0v) is 26.0. The Morgan fingerprint density at radius 1 is 1.10 bits per heavy atom. The van der Waals surface area contributed by atoms with Gasteiger partial charge in [0.1, 0.15) is 23.5 Å². The number of thioether (sulfide) groups is 1. The molecule has 0 aliphatic heterocycles. The Morgan fingerprint density at radius 2 is 1.82 bits per heavy atom. The van der Waals surface area contributed by atoms with Gasteiger partial charge in [0.05, 0.1) is 18.2 Å². The van der Waals surface area contributed by atoms with Crippen LogP contribution in [-0.2, 0) is 20.9 Å². The highest BCUT2D eigenvalue weighted by atomic mass is 32.2. The van der Waals surface area contributed by atoms with Crippen LogP contribution in [0.2, 0.25) is 0 Å². The summed E-state index contributed by atoms with van der Waals surface area (Å²) in [6.07, 6.45) is 4.16. The lowest BCUT2D eigenvalue weighted by Crippen LogP contribution is -2.54. The number of nitrogens with one attached hydrogen (secondary N) is 4. The van der Waals surface area contributed by atoms with E-state index in [1.54, 1.807) is 19.3 Å². The van der Waals surface area contributed by atoms with Gasteiger partial charge in [0.2, 0.25) is 11.8 Å². The minimum atomic E-state index is -0.969. The summed E-state index contributed by atoms with van der Waals surface area (Å²) in [5.41, 5.74) is 0.849. The van der Waals surface area contributed by atoms with E-state index in [1.165, 1.54) is 23.1 Å². The highest BCUT2D eigenvalue weighted by Gasteiger charge is 2.31. The molecular weight excluding hydrogens is 552 g/mol. The Labute approximate surface area is 245 Å². The van der Waals surface area contributed by atoms with Crippen LogP contribution in [0.25, 0.3) is 0 Å². The molecule has 0 spiro atoms. The van der Waals surface area contributed by atoms with Crippen LogP contribution in [-0.4, -0.2) is 68.2 Å². The van der Waals surface area contributed by atoms with Crippen molar-refractivity contribution in [2.24, 2.45) is 17.8 Å². The molecule has 2 aromatic heterocycles. The minimum absolute atomic E-state index is 0.0180. The number of amides is 3. The van der Waals surface area contributed by atoms with E-state index >= 15 is 0 Å². The monoisotopic (exact) mass is 596 g/mol. The fourth-order valence-electron chi connectivity index (χ4n) is 4.16. The standard InChI is InChI=1S/C27H44N6O5S2/c1-15(2)10-19(21(34)11-17(5)25(35)33-23(16(3)4)24-28-8-9-29-24)31-26(36)20(14-39-7)32-27(37)38-12-22-30-18(6)13-40-22/h8-9,13,15-17,19-21,23,34H,10-12,14H2,1-7H3,(H,28,29)(H,31,36)(H,32,37)(H,33,35)/t17-,19-,20+,21+,23-/m1/s1. The lowest BCUT2D eigenvalue weighted by atomic mass is 9.92. The van der Waals surface area contributed by atoms with Gasteiger partial charge in [-0.2, -0.15) is 11.8 Å². The Balaban J connectivity index is 1.99. The number of rotatable bonds is 16. The number of nitrogens with zero attached hydrogens (tertiary/aromatic N) is 2. The molecule has 2 aromatic rings. The van der Waals surface area contributed by atoms with E-state index in [-0.39, 0.29) is 36.8 Å². The number of ether oxygens (including phenoxy) is 1. The molecule has 0 unspecified atom stereocenters. The zero-order valence-electron chi connectivity index (χ0n) is 24.4. The van der Waals surface area contributed by atoms with Gasteiger partial charge in [0.25, 0.3) is 0 Å². The van der Waals surface area contributed by atoms with Crippen LogP contribution < -0.4 is 16.0 Å². The normalized spacial score (nSPS) is 15.2. The van der Waals surface area contributed by atoms with E-state index in [0.29, 0.717) is 23.0 Å². The second kappa shape index (κ2) is 16.6. The number of aromatic amines is 1. The molecule has 224 valence electrons. The van der Waals surface area contributed by atoms with Gasteiger partial charge >= 0.3 is 6.09 Å². The number of carbonyl (C=O) groups excluding carboxylic acids is 3. The molecule has 0 fully saturated rings. The van der Waals surface area contributed by atoms with Crippen molar-refractivity contribution < 1.29 is 24.2 Å². The van der Waals surface area contributed by atoms with Gasteiger partial charge in [-0.1, -0.05) is 34.6 Å². The van der Waals surface area contributed by atoms with Crippen LogP contribution in [0.4, 0.5) is 4.79 Å². The third-order valence-electron chi connectivity index (χ3n) is 6.27. The molecule has 5 atom stereocenters. The number of aliphatic hydroxyl groups excluding tert-OH is 1. The van der Waals surface area contributed by atoms with E-state index < -0.39 is 36.1 Å². The number of aliphatic hydroxyl groups is 1. The minimum Gasteiger partial charge on any atom is -0.442 e. The molecule has 0 aliphatic carbocycles. The SMILES string of the molecule is CSC[C@H](NC(=O)OCc1nc(C)cs1)C(=O)N[C@H](CC(C)C)[C@@H](O)C[C@@H](C)C(=O)N[C@@H](c1ncc[nH]1)C(C)C. The number of thiazole rings is 1. The summed E-state index contributed by atoms with van der Waals surface area (Å²) in [5.74, 6) is 0.144. The van der Waals surface area contributed by atoms with Crippen molar-refractivity contribution in [1.29, 1.82) is 0 Å². The molecule has 3 amide bonds. The summed E-state index contributed by atoms with van der Waals surface area (Å²) in [5, 5.41) is 22.2. The molecule has 0 aliphatic rings. The number of hydrogen-bond donors (Lipinski definition) is 5. The van der Waals surface area contributed by atoms with E-state index in [9.17, 15) is 19.5 Å². The second-order valence-electron chi connectivity index (χ2n) is 10.8. The van der Waals surface area contributed by atoms with Crippen molar-refractivity contribution in [3.05, 3.63) is 34.3 Å². The first-order valence-corrected chi connectivity index (χ1v) is 15.8. The lowest BCUT2D eigenvalue weighted by Gasteiger charge is -2.30. The van der Waals surface area contributed by atoms with Crippen LogP contribution in [0, 0.1) is 24.7 Å². The summed E-state index contributed by atoms with van der Waals surface area (Å²) >= 11 is 2.80. The van der Waals surface area contributed by atoms with Crippen LogP contribution in [0.3, 0.4) is 0 Å². The number of alkyl carbamates (subject to hydrolysis) is 1. The summed E-state index contributed by atoms with van der Waals surface area (Å²) < 4.78 is 5.25. The number of hydrogen-bond acceptors (Lipinski definition) is 9. The van der Waals surface area contributed by atoms with Crippen LogP contribution in [0.1, 0.15) is 70.0 Å². The Kier molecular flexibility index (Phi) is 13.9. The van der Waals surface area contributed by atoms with Gasteiger partial charge in [0, 0.05) is 35.1 Å². The van der Waals surface area contributed by atoms with E-state index in [1.807, 2.05) is 46.3 Å². The largest absolute Gasteiger partial charge is 0.442 e. The average Bonchev–Trinajstić information content (AvgIpc) is 3.56. The molecular formula is C27H44N6O5S2. The fourth-order valence-corrected chi connectivity index (χ4v) is 5.41. The number of aromatic nitrogens is 3. The smallest absolute Gasteiger partial charge is 0.408 e. The topological polar surface area (TPSA) is 158 Å². The average molecular weight is 597 g/mol. The first-order valence-electron chi connectivity index (χ1n) is 13.5. The predicted octanol–water partition coefficient (Wildman–Crippen LogP) is 3.56. The Morgan fingerprint density at radius 3 is 2.38 bits per heavy atom. The highest BCUT2D eigenvalue weighted by molar-refractivity contribution is 7.98. The lowest BCUT2D eigenvalue weighted by molar-refractivity contribution is -0.127. The summed E-state index contributed by atoms with van der Waals surface area (Å²) in [7, 11) is 0.